The highest BCUT2D eigenvalue weighted by Crippen LogP contribution is 2.49. The van der Waals surface area contributed by atoms with Gasteiger partial charge in [0.05, 0.1) is 44.9 Å². The molecular formula is C96H79F14IO12S3. The highest BCUT2D eigenvalue weighted by molar-refractivity contribution is 7.97. The van der Waals surface area contributed by atoms with E-state index in [1.54, 1.807) is 0 Å². The smallest absolute Gasteiger partial charge is 0.431 e. The average molecular weight is 1910 g/mol. The van der Waals surface area contributed by atoms with Crippen LogP contribution in [0.3, 0.4) is 0 Å². The van der Waals surface area contributed by atoms with Gasteiger partial charge in [0.2, 0.25) is 0 Å². The Balaban J connectivity index is 0.000000200. The van der Waals surface area contributed by atoms with E-state index in [2.05, 4.69) is 351 Å². The van der Waals surface area contributed by atoms with Crippen LogP contribution in [0.4, 0.5) is 61.5 Å². The van der Waals surface area contributed by atoms with E-state index in [4.69, 9.17) is 20.4 Å². The number of carbonyl (C=O) groups excluding carboxylic acids is 2. The number of hydrogen-bond donors (Lipinski definition) is 4. The van der Waals surface area contributed by atoms with Crippen molar-refractivity contribution in [2.24, 2.45) is 0 Å². The Morgan fingerprint density at radius 3 is 0.825 bits per heavy atom. The molecule has 1 aromatic heterocycles. The lowest BCUT2D eigenvalue weighted by molar-refractivity contribution is -0.597. The van der Waals surface area contributed by atoms with Gasteiger partial charge in [0.1, 0.15) is 11.6 Å². The number of rotatable bonds is 13. The van der Waals surface area contributed by atoms with E-state index in [1.165, 1.54) is 97.0 Å². The number of aliphatic hydroxyl groups is 2. The van der Waals surface area contributed by atoms with E-state index in [9.17, 15) is 101 Å². The molecule has 0 aliphatic rings. The minimum absolute atomic E-state index is 0.0146. The number of carboxylic acids is 4. The SMILES string of the molecule is CC(C)(C)c1ccc([I+]c2ccc(C(C)(C)C)cc2)cc1.O=C(O)c1cc(F)cc(F)c1[O-].O=C(O)c1ccccc1[O-].O=C([O-])C(O)(C(F)(F)F)C(F)(F)F.O=C([O-])C(O)(C(F)(F)F)C(F)(F)F.c1ccc(-[s+]2c3ccccc3c3ccccc32)cc1.c1ccc([S+](c2ccccc2)c2ccccc2)cc1.c1ccc([S+](c2ccccc2)c2ccccc2)cc1. The van der Waals surface area contributed by atoms with Crippen LogP contribution in [0, 0.1) is 18.8 Å². The largest absolute Gasteiger partial charge is 0.872 e. The van der Waals surface area contributed by atoms with Gasteiger partial charge in [-0.1, -0.05) is 247 Å². The number of para-hydroxylation sites is 1. The molecule has 13 aromatic carbocycles. The molecular weight excluding hydrogens is 1830 g/mol. The minimum atomic E-state index is -6.37. The zero-order valence-corrected chi connectivity index (χ0v) is 72.0. The quantitative estimate of drug-likeness (QED) is 0.0479. The first-order valence-corrected chi connectivity index (χ1v) is 43.1. The van der Waals surface area contributed by atoms with Crippen LogP contribution in [-0.4, -0.2) is 80.2 Å². The third kappa shape index (κ3) is 27.2. The van der Waals surface area contributed by atoms with Gasteiger partial charge in [0, 0.05) is 27.3 Å². The first-order valence-electron chi connectivity index (χ1n) is 37.3. The normalized spacial score (nSPS) is 11.6. The van der Waals surface area contributed by atoms with E-state index >= 15 is 0 Å². The van der Waals surface area contributed by atoms with Crippen molar-refractivity contribution in [1.82, 2.24) is 0 Å². The van der Waals surface area contributed by atoms with E-state index < -0.39 is 88.5 Å². The summed E-state index contributed by atoms with van der Waals surface area (Å²) in [7, 11) is 0.0302. The van der Waals surface area contributed by atoms with Crippen molar-refractivity contribution in [3.63, 3.8) is 0 Å². The fourth-order valence-corrected chi connectivity index (χ4v) is 19.9. The summed E-state index contributed by atoms with van der Waals surface area (Å²) >= 11 is -0.0703. The molecule has 658 valence electrons. The second-order valence-electron chi connectivity index (χ2n) is 28.6. The summed E-state index contributed by atoms with van der Waals surface area (Å²) in [6.07, 6.45) is -25.5. The first kappa shape index (κ1) is 101. The lowest BCUT2D eigenvalue weighted by Crippen LogP contribution is -3.61. The number of thiophene rings is 1. The Morgan fingerprint density at radius 2 is 0.587 bits per heavy atom. The summed E-state index contributed by atoms with van der Waals surface area (Å²) in [6.45, 7) is 13.6. The van der Waals surface area contributed by atoms with Gasteiger partial charge in [-0.25, -0.2) is 18.4 Å². The zero-order chi connectivity index (χ0) is 93.2. The Labute approximate surface area is 735 Å². The van der Waals surface area contributed by atoms with E-state index in [0.717, 1.165) is 0 Å². The third-order valence-electron chi connectivity index (χ3n) is 17.6. The molecule has 0 saturated heterocycles. The van der Waals surface area contributed by atoms with Crippen LogP contribution in [0.25, 0.3) is 25.1 Å². The zero-order valence-electron chi connectivity index (χ0n) is 67.4. The van der Waals surface area contributed by atoms with E-state index in [-0.39, 0.29) is 69.9 Å². The number of carbonyl (C=O) groups is 4. The summed E-state index contributed by atoms with van der Waals surface area (Å²) in [5, 5.41) is 75.5. The van der Waals surface area contributed by atoms with Crippen LogP contribution in [0.2, 0.25) is 0 Å². The van der Waals surface area contributed by atoms with Gasteiger partial charge in [-0.05, 0) is 168 Å². The van der Waals surface area contributed by atoms with Crippen molar-refractivity contribution in [3.8, 4) is 16.4 Å². The number of fused-ring (bicyclic) bond motifs is 3. The van der Waals surface area contributed by atoms with Gasteiger partial charge in [-0.15, -0.1) is 0 Å². The van der Waals surface area contributed by atoms with Crippen molar-refractivity contribution in [2.45, 2.75) is 118 Å². The van der Waals surface area contributed by atoms with Crippen LogP contribution >= 0.6 is 10.5 Å². The third-order valence-corrected chi connectivity index (χ3v) is 27.1. The molecule has 0 spiro atoms. The van der Waals surface area contributed by atoms with Crippen LogP contribution < -0.4 is 41.6 Å². The molecule has 0 aliphatic carbocycles. The Kier molecular flexibility index (Phi) is 35.8. The topological polar surface area (TPSA) is 241 Å². The molecule has 1 heterocycles. The lowest BCUT2D eigenvalue weighted by atomic mass is 9.87. The minimum Gasteiger partial charge on any atom is -0.872 e. The molecule has 0 saturated carbocycles. The highest BCUT2D eigenvalue weighted by Gasteiger charge is 2.73. The molecule has 14 rings (SSSR count). The summed E-state index contributed by atoms with van der Waals surface area (Å²) in [4.78, 5) is 49.0. The second kappa shape index (κ2) is 44.7. The van der Waals surface area contributed by atoms with Crippen LogP contribution in [-0.2, 0) is 42.2 Å². The molecule has 0 amide bonds. The lowest BCUT2D eigenvalue weighted by Gasteiger charge is -2.32. The molecule has 0 atom stereocenters. The molecule has 0 unspecified atom stereocenters. The predicted molar refractivity (Wildman–Crippen MR) is 446 cm³/mol. The summed E-state index contributed by atoms with van der Waals surface area (Å²) in [5.74, 6) is -14.4. The Hall–Kier alpha value is -12.1. The number of benzene rings is 13. The summed E-state index contributed by atoms with van der Waals surface area (Å²) in [5.41, 5.74) is -9.40. The molecule has 30 heteroatoms. The van der Waals surface area contributed by atoms with E-state index in [1.807, 2.05) is 0 Å². The second-order valence-corrected chi connectivity index (χ2v) is 37.6. The number of halogens is 15. The van der Waals surface area contributed by atoms with Crippen molar-refractivity contribution in [3.05, 3.63) is 387 Å². The number of carboxylic acid groups (broad SMARTS) is 4. The summed E-state index contributed by atoms with van der Waals surface area (Å²) < 4.78 is 168. The highest BCUT2D eigenvalue weighted by atomic mass is 127. The van der Waals surface area contributed by atoms with Crippen molar-refractivity contribution in [2.75, 3.05) is 0 Å². The van der Waals surface area contributed by atoms with Gasteiger partial charge in [-0.2, -0.15) is 52.7 Å². The fraction of sp³-hybridized carbons (Fsp3) is 0.146. The molecule has 0 fully saturated rings. The summed E-state index contributed by atoms with van der Waals surface area (Å²) in [6, 6.07) is 117. The molecule has 0 aliphatic heterocycles. The number of aliphatic carboxylic acids is 2. The maximum absolute atomic E-state index is 12.4. The molecule has 4 N–H and O–H groups in total. The molecule has 0 bridgehead atoms. The number of alkyl halides is 12. The Morgan fingerprint density at radius 1 is 0.333 bits per heavy atom. The van der Waals surface area contributed by atoms with Gasteiger partial charge < -0.3 is 50.4 Å². The first-order chi connectivity index (χ1) is 59.1. The fourth-order valence-electron chi connectivity index (χ4n) is 11.1. The molecule has 14 aromatic rings. The standard InChI is InChI=1S/C20H26I.C18H13S.2C18H15S.C7H4F2O3.C7H6O3.2C4H2F6O3/c1-19(2,3)15-7-11-17(12-8-15)21-18-13-9-16(10-14-18)20(4,5)6;1-2-8-14(9-3-1)19-17-12-6-4-10-15(17)16-11-5-7-13-18(16)19;2*1-4-10-16(11-5-1)19(17-12-6-2-7-13-17)18-14-8-3-9-15-18;8-3-1-4(7(11)12)6(10)5(9)2-3;8-6-4-2-1-3-5(6)7(9)10;2*5-3(6,7)2(13,1(11)12)4(8,9)10/h7-14H,1-6H3;1-13H;2*1-15H;1-2,10H,(H,11,12);1-4,8H,(H,9,10);2*13H,(H,11,12)/q4*+1;;;;/p-4. The monoisotopic (exact) mass is 1910 g/mol. The maximum Gasteiger partial charge on any atom is 0.431 e. The van der Waals surface area contributed by atoms with Crippen LogP contribution in [0.5, 0.6) is 11.5 Å². The van der Waals surface area contributed by atoms with E-state index in [0.29, 0.717) is 12.1 Å². The van der Waals surface area contributed by atoms with Crippen molar-refractivity contribution < 1.29 is 143 Å². The van der Waals surface area contributed by atoms with Gasteiger partial charge in [0.25, 0.3) is 11.2 Å². The van der Waals surface area contributed by atoms with Gasteiger partial charge in [0.15, 0.2) is 50.8 Å². The number of hydrogen-bond acceptors (Lipinski definition) is 10. The van der Waals surface area contributed by atoms with Crippen LogP contribution in [0.15, 0.2) is 375 Å². The Bertz CT molecular complexity index is 5320. The number of aromatic carboxylic acids is 2. The molecule has 126 heavy (non-hydrogen) atoms. The van der Waals surface area contributed by atoms with Crippen LogP contribution in [0.1, 0.15) is 73.4 Å². The molecule has 0 radical (unpaired) electrons. The van der Waals surface area contributed by atoms with Crippen molar-refractivity contribution >= 4 is 76.3 Å². The predicted octanol–water partition coefficient (Wildman–Crippen LogP) is 18.1. The van der Waals surface area contributed by atoms with Gasteiger partial charge in [-0.3, -0.25) is 0 Å². The average Bonchev–Trinajstić information content (AvgIpc) is 1.46. The van der Waals surface area contributed by atoms with Crippen molar-refractivity contribution in [1.29, 1.82) is 0 Å². The van der Waals surface area contributed by atoms with Gasteiger partial charge >= 0.3 is 57.8 Å². The molecule has 12 nitrogen and oxygen atoms in total. The maximum atomic E-state index is 12.4.